The van der Waals surface area contributed by atoms with E-state index in [9.17, 15) is 4.79 Å². The summed E-state index contributed by atoms with van der Waals surface area (Å²) >= 11 is 1.59. The molecule has 1 atom stereocenters. The van der Waals surface area contributed by atoms with Crippen LogP contribution in [0.5, 0.6) is 5.75 Å². The summed E-state index contributed by atoms with van der Waals surface area (Å²) in [7, 11) is 0. The Labute approximate surface area is 159 Å². The van der Waals surface area contributed by atoms with E-state index in [-0.39, 0.29) is 5.91 Å². The molecule has 2 aliphatic rings. The molecule has 3 rings (SSSR count). The first-order chi connectivity index (χ1) is 12.7. The number of benzene rings is 1. The van der Waals surface area contributed by atoms with Crippen molar-refractivity contribution in [3.63, 3.8) is 0 Å². The van der Waals surface area contributed by atoms with E-state index in [0.717, 1.165) is 48.1 Å². The lowest BCUT2D eigenvalue weighted by Crippen LogP contribution is -2.35. The molecule has 140 valence electrons. The lowest BCUT2D eigenvalue weighted by Gasteiger charge is -2.23. The van der Waals surface area contributed by atoms with Crippen LogP contribution in [0.1, 0.15) is 31.7 Å². The van der Waals surface area contributed by atoms with E-state index in [1.165, 1.54) is 12.8 Å². The molecule has 1 amide bonds. The van der Waals surface area contributed by atoms with Gasteiger partial charge in [0.1, 0.15) is 12.4 Å². The van der Waals surface area contributed by atoms with Crippen LogP contribution in [0.4, 0.5) is 5.69 Å². The first kappa shape index (κ1) is 19.0. The Morgan fingerprint density at radius 3 is 3.23 bits per heavy atom. The minimum atomic E-state index is 0.0932. The number of rotatable bonds is 7. The number of hydrogen-bond acceptors (Lipinski definition) is 5. The van der Waals surface area contributed by atoms with Crippen molar-refractivity contribution in [2.75, 3.05) is 31.6 Å². The fourth-order valence-electron chi connectivity index (χ4n) is 3.52. The summed E-state index contributed by atoms with van der Waals surface area (Å²) in [4.78, 5) is 18.6. The van der Waals surface area contributed by atoms with Crippen molar-refractivity contribution in [3.8, 4) is 5.75 Å². The van der Waals surface area contributed by atoms with Crippen LogP contribution in [0.25, 0.3) is 0 Å². The molecule has 1 N–H and O–H groups in total. The number of nitrogens with one attached hydrogen (secondary N) is 1. The molecule has 26 heavy (non-hydrogen) atoms. The molecule has 0 bridgehead atoms. The Morgan fingerprint density at radius 2 is 2.38 bits per heavy atom. The fourth-order valence-corrected chi connectivity index (χ4v) is 3.91. The highest BCUT2D eigenvalue weighted by Crippen LogP contribution is 2.27. The van der Waals surface area contributed by atoms with Crippen LogP contribution in [0.2, 0.25) is 0 Å². The number of likely N-dealkylation sites (tertiary alicyclic amines) is 1. The number of nitrogens with zero attached hydrogens (tertiary/aromatic N) is 2. The van der Waals surface area contributed by atoms with Gasteiger partial charge in [0.15, 0.2) is 0 Å². The number of anilines is 1. The standard InChI is InChI=1S/C20H27N3O2S/c1-3-26-15(2)21-14-17-5-4-10-23(17)11-12-25-18-7-8-19-16(13-18)6-9-20(24)22-19/h3,7-8,13,17H,1,4-6,9-12,14H2,2H3,(H,22,24)/b21-15-. The van der Waals surface area contributed by atoms with E-state index in [0.29, 0.717) is 19.1 Å². The minimum absolute atomic E-state index is 0.0932. The van der Waals surface area contributed by atoms with Crippen LogP contribution >= 0.6 is 11.8 Å². The van der Waals surface area contributed by atoms with Gasteiger partial charge in [-0.2, -0.15) is 0 Å². The molecular weight excluding hydrogens is 346 g/mol. The van der Waals surface area contributed by atoms with Gasteiger partial charge in [0.25, 0.3) is 0 Å². The van der Waals surface area contributed by atoms with Gasteiger partial charge in [-0.3, -0.25) is 14.7 Å². The highest BCUT2D eigenvalue weighted by molar-refractivity contribution is 8.16. The Hall–Kier alpha value is -1.79. The van der Waals surface area contributed by atoms with Gasteiger partial charge in [0.05, 0.1) is 11.6 Å². The number of amides is 1. The van der Waals surface area contributed by atoms with Gasteiger partial charge in [0, 0.05) is 24.7 Å². The molecule has 5 nitrogen and oxygen atoms in total. The van der Waals surface area contributed by atoms with Gasteiger partial charge in [-0.25, -0.2) is 0 Å². The van der Waals surface area contributed by atoms with Crippen molar-refractivity contribution >= 4 is 28.4 Å². The van der Waals surface area contributed by atoms with Gasteiger partial charge in [0.2, 0.25) is 5.91 Å². The Kier molecular flexibility index (Phi) is 6.74. The third-order valence-corrected chi connectivity index (χ3v) is 5.53. The van der Waals surface area contributed by atoms with Crippen LogP contribution in [-0.4, -0.2) is 48.1 Å². The van der Waals surface area contributed by atoms with Gasteiger partial charge < -0.3 is 10.1 Å². The number of carbonyl (C=O) groups is 1. The average Bonchev–Trinajstić information content (AvgIpc) is 3.08. The molecule has 1 saturated heterocycles. The van der Waals surface area contributed by atoms with E-state index < -0.39 is 0 Å². The minimum Gasteiger partial charge on any atom is -0.492 e. The third-order valence-electron chi connectivity index (χ3n) is 4.90. The topological polar surface area (TPSA) is 53.9 Å². The van der Waals surface area contributed by atoms with E-state index in [1.54, 1.807) is 11.8 Å². The summed E-state index contributed by atoms with van der Waals surface area (Å²) in [5.74, 6) is 0.975. The first-order valence-corrected chi connectivity index (χ1v) is 10.1. The number of aryl methyl sites for hydroxylation is 1. The summed E-state index contributed by atoms with van der Waals surface area (Å²) < 4.78 is 5.97. The number of hydrogen-bond donors (Lipinski definition) is 1. The van der Waals surface area contributed by atoms with Gasteiger partial charge in [-0.05, 0) is 61.9 Å². The molecule has 0 spiro atoms. The molecule has 2 aliphatic heterocycles. The van der Waals surface area contributed by atoms with Crippen LogP contribution in [0.3, 0.4) is 0 Å². The zero-order valence-electron chi connectivity index (χ0n) is 15.4. The summed E-state index contributed by atoms with van der Waals surface area (Å²) in [6.07, 6.45) is 3.77. The third kappa shape index (κ3) is 5.11. The number of carbonyl (C=O) groups excluding carboxylic acids is 1. The summed E-state index contributed by atoms with van der Waals surface area (Å²) in [5, 5.41) is 5.80. The van der Waals surface area contributed by atoms with Crippen LogP contribution in [0, 0.1) is 0 Å². The highest BCUT2D eigenvalue weighted by Gasteiger charge is 2.24. The Morgan fingerprint density at radius 1 is 1.50 bits per heavy atom. The molecule has 0 aromatic heterocycles. The van der Waals surface area contributed by atoms with Crippen LogP contribution in [-0.2, 0) is 11.2 Å². The van der Waals surface area contributed by atoms with Crippen molar-refractivity contribution < 1.29 is 9.53 Å². The maximum atomic E-state index is 11.4. The highest BCUT2D eigenvalue weighted by atomic mass is 32.2. The number of aliphatic imine (C=N–C) groups is 1. The molecule has 6 heteroatoms. The SMILES string of the molecule is C=CS/C(C)=N\CC1CCCN1CCOc1ccc2c(c1)CCC(=O)N2. The molecule has 0 radical (unpaired) electrons. The Balaban J connectivity index is 1.47. The Bertz CT molecular complexity index is 690. The van der Waals surface area contributed by atoms with Crippen molar-refractivity contribution in [1.29, 1.82) is 0 Å². The van der Waals surface area contributed by atoms with Crippen molar-refractivity contribution in [3.05, 3.63) is 35.7 Å². The number of ether oxygens (including phenoxy) is 1. The van der Waals surface area contributed by atoms with Crippen molar-refractivity contribution in [1.82, 2.24) is 4.90 Å². The monoisotopic (exact) mass is 373 g/mol. The van der Waals surface area contributed by atoms with E-state index in [1.807, 2.05) is 24.5 Å². The normalized spacial score (nSPS) is 20.6. The molecular formula is C20H27N3O2S. The van der Waals surface area contributed by atoms with E-state index in [2.05, 4.69) is 27.9 Å². The fraction of sp³-hybridized carbons (Fsp3) is 0.500. The molecule has 2 heterocycles. The predicted octanol–water partition coefficient (Wildman–Crippen LogP) is 3.71. The predicted molar refractivity (Wildman–Crippen MR) is 109 cm³/mol. The zero-order chi connectivity index (χ0) is 18.4. The van der Waals surface area contributed by atoms with Gasteiger partial charge in [-0.1, -0.05) is 18.3 Å². The lowest BCUT2D eigenvalue weighted by atomic mass is 10.0. The molecule has 1 unspecified atom stereocenters. The lowest BCUT2D eigenvalue weighted by molar-refractivity contribution is -0.116. The number of fused-ring (bicyclic) bond motifs is 1. The second-order valence-corrected chi connectivity index (χ2v) is 7.85. The van der Waals surface area contributed by atoms with Crippen LogP contribution in [0.15, 0.2) is 35.2 Å². The quantitative estimate of drug-likeness (QED) is 0.585. The maximum absolute atomic E-state index is 11.4. The second-order valence-electron chi connectivity index (χ2n) is 6.69. The summed E-state index contributed by atoms with van der Waals surface area (Å²) in [5.41, 5.74) is 2.07. The van der Waals surface area contributed by atoms with Gasteiger partial charge in [-0.15, -0.1) is 0 Å². The zero-order valence-corrected chi connectivity index (χ0v) is 16.2. The average molecular weight is 374 g/mol. The molecule has 1 fully saturated rings. The van der Waals surface area contributed by atoms with E-state index in [4.69, 9.17) is 4.74 Å². The molecule has 0 saturated carbocycles. The van der Waals surface area contributed by atoms with E-state index >= 15 is 0 Å². The largest absolute Gasteiger partial charge is 0.492 e. The molecule has 1 aromatic carbocycles. The smallest absolute Gasteiger partial charge is 0.224 e. The number of thioether (sulfide) groups is 1. The van der Waals surface area contributed by atoms with Crippen molar-refractivity contribution in [2.45, 2.75) is 38.6 Å². The summed E-state index contributed by atoms with van der Waals surface area (Å²) in [6.45, 7) is 9.33. The molecule has 0 aliphatic carbocycles. The summed E-state index contributed by atoms with van der Waals surface area (Å²) in [6, 6.07) is 6.44. The second kappa shape index (κ2) is 9.24. The van der Waals surface area contributed by atoms with Gasteiger partial charge >= 0.3 is 0 Å². The first-order valence-electron chi connectivity index (χ1n) is 9.24. The van der Waals surface area contributed by atoms with Crippen molar-refractivity contribution in [2.24, 2.45) is 4.99 Å². The maximum Gasteiger partial charge on any atom is 0.224 e. The molecule has 1 aromatic rings. The van der Waals surface area contributed by atoms with Crippen LogP contribution < -0.4 is 10.1 Å².